The standard InChI is InChI=1S/C23H16ClF3N2O/c24-20-11-4-5-12-21(20)29-18(14-22(28-29)23(25,26)27)15-30-19-10-6-9-17(13-19)16-7-2-1-3-8-16/h1-14H,15H2. The quantitative estimate of drug-likeness (QED) is 0.350. The van der Waals surface area contributed by atoms with Gasteiger partial charge in [-0.05, 0) is 41.5 Å². The molecular formula is C23H16ClF3N2O. The highest BCUT2D eigenvalue weighted by Gasteiger charge is 2.35. The minimum Gasteiger partial charge on any atom is -0.487 e. The fourth-order valence-corrected chi connectivity index (χ4v) is 3.26. The van der Waals surface area contributed by atoms with Gasteiger partial charge in [-0.3, -0.25) is 0 Å². The van der Waals surface area contributed by atoms with Crippen molar-refractivity contribution in [2.24, 2.45) is 0 Å². The van der Waals surface area contributed by atoms with Crippen LogP contribution in [0.15, 0.2) is 84.9 Å². The number of rotatable bonds is 5. The molecule has 1 aromatic heterocycles. The van der Waals surface area contributed by atoms with Gasteiger partial charge < -0.3 is 4.74 Å². The van der Waals surface area contributed by atoms with Crippen LogP contribution in [0.3, 0.4) is 0 Å². The molecule has 0 amide bonds. The van der Waals surface area contributed by atoms with Crippen molar-refractivity contribution < 1.29 is 17.9 Å². The van der Waals surface area contributed by atoms with Crippen LogP contribution < -0.4 is 4.74 Å². The fourth-order valence-electron chi connectivity index (χ4n) is 3.05. The first-order valence-corrected chi connectivity index (χ1v) is 9.49. The summed E-state index contributed by atoms with van der Waals surface area (Å²) in [6, 6.07) is 24.7. The Balaban J connectivity index is 1.64. The van der Waals surface area contributed by atoms with Gasteiger partial charge in [0, 0.05) is 0 Å². The van der Waals surface area contributed by atoms with E-state index in [0.29, 0.717) is 16.5 Å². The highest BCUT2D eigenvalue weighted by Crippen LogP contribution is 2.31. The zero-order valence-corrected chi connectivity index (χ0v) is 16.4. The van der Waals surface area contributed by atoms with Crippen LogP contribution >= 0.6 is 11.6 Å². The zero-order chi connectivity index (χ0) is 21.1. The molecule has 3 aromatic carbocycles. The number of aromatic nitrogens is 2. The summed E-state index contributed by atoms with van der Waals surface area (Å²) in [5.74, 6) is 0.539. The molecule has 0 N–H and O–H groups in total. The first-order chi connectivity index (χ1) is 14.4. The van der Waals surface area contributed by atoms with Crippen molar-refractivity contribution >= 4 is 11.6 Å². The van der Waals surface area contributed by atoms with Gasteiger partial charge in [0.2, 0.25) is 0 Å². The summed E-state index contributed by atoms with van der Waals surface area (Å²) in [5, 5.41) is 4.01. The smallest absolute Gasteiger partial charge is 0.435 e. The average molecular weight is 429 g/mol. The number of ether oxygens (including phenoxy) is 1. The molecule has 4 aromatic rings. The third-order valence-electron chi connectivity index (χ3n) is 4.48. The minimum atomic E-state index is -4.57. The Morgan fingerprint density at radius 1 is 0.833 bits per heavy atom. The second-order valence-electron chi connectivity index (χ2n) is 6.56. The summed E-state index contributed by atoms with van der Waals surface area (Å²) >= 11 is 6.18. The average Bonchev–Trinajstić information content (AvgIpc) is 3.18. The van der Waals surface area contributed by atoms with E-state index in [9.17, 15) is 13.2 Å². The van der Waals surface area contributed by atoms with Gasteiger partial charge in [0.25, 0.3) is 0 Å². The largest absolute Gasteiger partial charge is 0.487 e. The third-order valence-corrected chi connectivity index (χ3v) is 4.80. The molecule has 0 saturated heterocycles. The molecule has 1 heterocycles. The second kappa shape index (κ2) is 8.24. The van der Waals surface area contributed by atoms with Crippen LogP contribution in [0.2, 0.25) is 5.02 Å². The van der Waals surface area contributed by atoms with Crippen molar-refractivity contribution in [3.8, 4) is 22.6 Å². The van der Waals surface area contributed by atoms with E-state index in [1.165, 1.54) is 4.68 Å². The number of hydrogen-bond donors (Lipinski definition) is 0. The van der Waals surface area contributed by atoms with Crippen LogP contribution in [0.4, 0.5) is 13.2 Å². The van der Waals surface area contributed by atoms with Gasteiger partial charge in [-0.25, -0.2) is 4.68 Å². The van der Waals surface area contributed by atoms with Crippen molar-refractivity contribution in [1.29, 1.82) is 0 Å². The summed E-state index contributed by atoms with van der Waals surface area (Å²) in [6.07, 6.45) is -4.57. The topological polar surface area (TPSA) is 27.1 Å². The molecule has 0 aliphatic rings. The Hall–Kier alpha value is -3.25. The van der Waals surface area contributed by atoms with Crippen molar-refractivity contribution in [3.05, 3.63) is 101 Å². The monoisotopic (exact) mass is 428 g/mol. The van der Waals surface area contributed by atoms with Crippen LogP contribution in [0.25, 0.3) is 16.8 Å². The first kappa shape index (κ1) is 20.0. The highest BCUT2D eigenvalue weighted by atomic mass is 35.5. The number of alkyl halides is 3. The van der Waals surface area contributed by atoms with Crippen LogP contribution in [-0.4, -0.2) is 9.78 Å². The molecule has 0 aliphatic heterocycles. The molecule has 30 heavy (non-hydrogen) atoms. The van der Waals surface area contributed by atoms with Gasteiger partial charge in [0.15, 0.2) is 5.69 Å². The molecule has 0 spiro atoms. The predicted molar refractivity (Wildman–Crippen MR) is 110 cm³/mol. The fraction of sp³-hybridized carbons (Fsp3) is 0.0870. The van der Waals surface area contributed by atoms with E-state index in [1.54, 1.807) is 30.3 Å². The number of nitrogens with zero attached hydrogens (tertiary/aromatic N) is 2. The van der Waals surface area contributed by atoms with Crippen LogP contribution in [0.1, 0.15) is 11.4 Å². The Morgan fingerprint density at radius 3 is 2.27 bits per heavy atom. The third kappa shape index (κ3) is 4.33. The molecule has 7 heteroatoms. The summed E-state index contributed by atoms with van der Waals surface area (Å²) in [4.78, 5) is 0. The van der Waals surface area contributed by atoms with Gasteiger partial charge in [0.05, 0.1) is 16.4 Å². The van der Waals surface area contributed by atoms with E-state index in [2.05, 4.69) is 5.10 Å². The van der Waals surface area contributed by atoms with Gasteiger partial charge in [-0.1, -0.05) is 66.2 Å². The van der Waals surface area contributed by atoms with Crippen molar-refractivity contribution in [2.45, 2.75) is 12.8 Å². The minimum absolute atomic E-state index is 0.105. The molecule has 3 nitrogen and oxygen atoms in total. The Bertz CT molecular complexity index is 1160. The van der Waals surface area contributed by atoms with E-state index >= 15 is 0 Å². The van der Waals surface area contributed by atoms with Crippen molar-refractivity contribution in [1.82, 2.24) is 9.78 Å². The number of halogens is 4. The molecule has 152 valence electrons. The Morgan fingerprint density at radius 2 is 1.53 bits per heavy atom. The maximum Gasteiger partial charge on any atom is 0.435 e. The van der Waals surface area contributed by atoms with Crippen LogP contribution in [0, 0.1) is 0 Å². The van der Waals surface area contributed by atoms with Crippen molar-refractivity contribution in [2.75, 3.05) is 0 Å². The van der Waals surface area contributed by atoms with Crippen LogP contribution in [-0.2, 0) is 12.8 Å². The molecular weight excluding hydrogens is 413 g/mol. The lowest BCUT2D eigenvalue weighted by atomic mass is 10.1. The van der Waals surface area contributed by atoms with E-state index in [4.69, 9.17) is 16.3 Å². The van der Waals surface area contributed by atoms with Gasteiger partial charge in [0.1, 0.15) is 12.4 Å². The summed E-state index contributed by atoms with van der Waals surface area (Å²) in [7, 11) is 0. The van der Waals surface area contributed by atoms with E-state index in [-0.39, 0.29) is 12.3 Å². The summed E-state index contributed by atoms with van der Waals surface area (Å²) < 4.78 is 46.7. The molecule has 0 saturated carbocycles. The van der Waals surface area contributed by atoms with Gasteiger partial charge >= 0.3 is 6.18 Å². The number of para-hydroxylation sites is 1. The summed E-state index contributed by atoms with van der Waals surface area (Å²) in [5.41, 5.74) is 1.55. The van der Waals surface area contributed by atoms with Crippen molar-refractivity contribution in [3.63, 3.8) is 0 Å². The Kier molecular flexibility index (Phi) is 5.50. The maximum atomic E-state index is 13.3. The summed E-state index contributed by atoms with van der Waals surface area (Å²) in [6.45, 7) is -0.105. The molecule has 0 bridgehead atoms. The van der Waals surface area contributed by atoms with Gasteiger partial charge in [-0.15, -0.1) is 0 Å². The van der Waals surface area contributed by atoms with E-state index < -0.39 is 11.9 Å². The molecule has 0 aliphatic carbocycles. The first-order valence-electron chi connectivity index (χ1n) is 9.11. The Labute approximate surface area is 176 Å². The lowest BCUT2D eigenvalue weighted by Crippen LogP contribution is -2.08. The zero-order valence-electron chi connectivity index (χ0n) is 15.6. The number of benzene rings is 3. The van der Waals surface area contributed by atoms with Gasteiger partial charge in [-0.2, -0.15) is 18.3 Å². The molecule has 0 radical (unpaired) electrons. The normalized spacial score (nSPS) is 11.5. The predicted octanol–water partition coefficient (Wildman–Crippen LogP) is 6.79. The lowest BCUT2D eigenvalue weighted by molar-refractivity contribution is -0.141. The molecule has 4 rings (SSSR count). The van der Waals surface area contributed by atoms with E-state index in [0.717, 1.165) is 17.2 Å². The SMILES string of the molecule is FC(F)(F)c1cc(COc2cccc(-c3ccccc3)c2)n(-c2ccccc2Cl)n1. The molecule has 0 atom stereocenters. The van der Waals surface area contributed by atoms with Crippen LogP contribution in [0.5, 0.6) is 5.75 Å². The second-order valence-corrected chi connectivity index (χ2v) is 6.97. The highest BCUT2D eigenvalue weighted by molar-refractivity contribution is 6.32. The molecule has 0 fully saturated rings. The molecule has 0 unspecified atom stereocenters. The number of hydrogen-bond acceptors (Lipinski definition) is 2. The van der Waals surface area contributed by atoms with E-state index in [1.807, 2.05) is 48.5 Å². The lowest BCUT2D eigenvalue weighted by Gasteiger charge is -2.11. The maximum absolute atomic E-state index is 13.3.